The number of phenols is 1. The number of benzene rings is 4. The first kappa shape index (κ1) is 50.3. The molecule has 2 unspecified atom stereocenters. The molecular weight excluding hydrogens is 805 g/mol. The van der Waals surface area contributed by atoms with Gasteiger partial charge in [-0.25, -0.2) is 0 Å². The molecule has 0 spiro atoms. The van der Waals surface area contributed by atoms with E-state index in [1.54, 1.807) is 0 Å². The first-order valence-corrected chi connectivity index (χ1v) is 25.4. The SMILES string of the molecule is CCC(CC)(c1ccc(CCC(O)C2(CC)CC2)c(C)c1)c1ccc(OC[C@H]2CCC(=O)O2)c(C)c1.CCC(CC)(c1ccc(O)c(C)c1)c1ccc(CCC(O)C2(CC)CC2)c(C)c1. The van der Waals surface area contributed by atoms with Crippen LogP contribution in [0.3, 0.4) is 0 Å². The van der Waals surface area contributed by atoms with E-state index in [4.69, 9.17) is 9.47 Å². The highest BCUT2D eigenvalue weighted by Gasteiger charge is 2.47. The number of aryl methyl sites for hydroxylation is 6. The highest BCUT2D eigenvalue weighted by atomic mass is 16.6. The first-order valence-electron chi connectivity index (χ1n) is 25.4. The number of hydrogen-bond acceptors (Lipinski definition) is 6. The van der Waals surface area contributed by atoms with Gasteiger partial charge >= 0.3 is 5.97 Å². The van der Waals surface area contributed by atoms with E-state index in [0.29, 0.717) is 18.8 Å². The first-order chi connectivity index (χ1) is 31.1. The normalized spacial score (nSPS) is 18.3. The van der Waals surface area contributed by atoms with Crippen molar-refractivity contribution in [1.82, 2.24) is 0 Å². The minimum Gasteiger partial charge on any atom is -0.508 e. The van der Waals surface area contributed by atoms with E-state index in [1.807, 2.05) is 13.0 Å². The topological polar surface area (TPSA) is 96.2 Å². The van der Waals surface area contributed by atoms with Crippen molar-refractivity contribution in [2.24, 2.45) is 10.8 Å². The van der Waals surface area contributed by atoms with Gasteiger partial charge in [0.05, 0.1) is 12.2 Å². The number of ether oxygens (including phenoxy) is 2. The molecule has 1 aliphatic heterocycles. The fraction of sp³-hybridized carbons (Fsp3) is 0.576. The second kappa shape index (κ2) is 21.2. The van der Waals surface area contributed by atoms with Crippen LogP contribution in [0.4, 0.5) is 0 Å². The summed E-state index contributed by atoms with van der Waals surface area (Å²) in [5.74, 6) is 1.09. The number of hydrogen-bond donors (Lipinski definition) is 3. The quantitative estimate of drug-likeness (QED) is 0.0721. The van der Waals surface area contributed by atoms with Crippen LogP contribution < -0.4 is 4.74 Å². The molecule has 0 amide bonds. The van der Waals surface area contributed by atoms with Gasteiger partial charge in [0.1, 0.15) is 24.2 Å². The summed E-state index contributed by atoms with van der Waals surface area (Å²) in [6, 6.07) is 26.5. The van der Waals surface area contributed by atoms with Gasteiger partial charge < -0.3 is 24.8 Å². The van der Waals surface area contributed by atoms with Crippen LogP contribution in [0, 0.1) is 38.5 Å². The third kappa shape index (κ3) is 10.9. The molecule has 0 bridgehead atoms. The van der Waals surface area contributed by atoms with Crippen LogP contribution in [-0.2, 0) is 33.2 Å². The number of aromatic hydroxyl groups is 1. The molecule has 4 aromatic rings. The molecule has 6 heteroatoms. The maximum atomic E-state index is 11.4. The Morgan fingerprint density at radius 1 is 0.615 bits per heavy atom. The molecule has 2 aliphatic carbocycles. The molecule has 65 heavy (non-hydrogen) atoms. The predicted octanol–water partition coefficient (Wildman–Crippen LogP) is 13.6. The lowest BCUT2D eigenvalue weighted by atomic mass is 9.69. The van der Waals surface area contributed by atoms with Crippen LogP contribution in [-0.4, -0.2) is 46.2 Å². The number of rotatable bonds is 21. The van der Waals surface area contributed by atoms with Crippen molar-refractivity contribution in [1.29, 1.82) is 0 Å². The summed E-state index contributed by atoms with van der Waals surface area (Å²) in [5.41, 5.74) is 13.0. The van der Waals surface area contributed by atoms with E-state index >= 15 is 0 Å². The van der Waals surface area contributed by atoms with E-state index in [1.165, 1.54) is 70.2 Å². The van der Waals surface area contributed by atoms with Crippen LogP contribution >= 0.6 is 0 Å². The average molecular weight is 887 g/mol. The Balaban J connectivity index is 0.000000221. The standard InChI is InChI=1S/C32H44O4.C27H38O2/c1-6-31(17-18-31)29(33)15-10-24-9-11-25(19-22(24)4)32(7-2,8-3)26-12-14-28(23(5)20-26)35-21-27-13-16-30(34)36-27;1-6-26(15-16-26)25(29)14-10-21-9-11-22(17-19(21)4)27(7-2,8-3)23-12-13-24(28)20(5)18-23/h9,11-12,14,19-20,27,29,33H,6-8,10,13,15-18,21H2,1-5H3;9,11-13,17-18,25,28-29H,6-8,10,14-16H2,1-5H3/t27-,29?;/m1./s1. The zero-order valence-electron chi connectivity index (χ0n) is 41.7. The second-order valence-corrected chi connectivity index (χ2v) is 20.3. The molecule has 0 radical (unpaired) electrons. The molecule has 3 atom stereocenters. The smallest absolute Gasteiger partial charge is 0.306 e. The Morgan fingerprint density at radius 3 is 1.38 bits per heavy atom. The van der Waals surface area contributed by atoms with E-state index in [2.05, 4.69) is 129 Å². The molecule has 6 nitrogen and oxygen atoms in total. The van der Waals surface area contributed by atoms with Gasteiger partial charge in [0.25, 0.3) is 0 Å². The predicted molar refractivity (Wildman–Crippen MR) is 266 cm³/mol. The minimum atomic E-state index is -0.184. The van der Waals surface area contributed by atoms with Crippen LogP contribution in [0.15, 0.2) is 72.8 Å². The van der Waals surface area contributed by atoms with Crippen LogP contribution in [0.1, 0.15) is 187 Å². The maximum Gasteiger partial charge on any atom is 0.306 e. The Morgan fingerprint density at radius 2 is 1.03 bits per heavy atom. The van der Waals surface area contributed by atoms with Gasteiger partial charge in [0.2, 0.25) is 0 Å². The summed E-state index contributed by atoms with van der Waals surface area (Å²) in [6.45, 7) is 22.4. The molecule has 7 rings (SSSR count). The van der Waals surface area contributed by atoms with E-state index in [0.717, 1.165) is 87.5 Å². The van der Waals surface area contributed by atoms with Gasteiger partial charge in [-0.05, 0) is 203 Å². The highest BCUT2D eigenvalue weighted by Crippen LogP contribution is 2.53. The lowest BCUT2D eigenvalue weighted by Crippen LogP contribution is -2.26. The largest absolute Gasteiger partial charge is 0.508 e. The zero-order valence-corrected chi connectivity index (χ0v) is 41.7. The average Bonchev–Trinajstić information content (AvgIpc) is 4.25. The number of aliphatic hydroxyl groups excluding tert-OH is 2. The maximum absolute atomic E-state index is 11.4. The van der Waals surface area contributed by atoms with Gasteiger partial charge in [-0.1, -0.05) is 102 Å². The molecule has 3 fully saturated rings. The number of aliphatic hydroxyl groups is 2. The third-order valence-electron chi connectivity index (χ3n) is 17.1. The van der Waals surface area contributed by atoms with Gasteiger partial charge in [-0.2, -0.15) is 0 Å². The molecule has 1 saturated heterocycles. The molecule has 354 valence electrons. The summed E-state index contributed by atoms with van der Waals surface area (Å²) < 4.78 is 11.3. The lowest BCUT2D eigenvalue weighted by molar-refractivity contribution is -0.142. The second-order valence-electron chi connectivity index (χ2n) is 20.3. The highest BCUT2D eigenvalue weighted by molar-refractivity contribution is 5.71. The van der Waals surface area contributed by atoms with E-state index in [9.17, 15) is 20.1 Å². The molecule has 0 aromatic heterocycles. The summed E-state index contributed by atoms with van der Waals surface area (Å²) in [4.78, 5) is 11.4. The van der Waals surface area contributed by atoms with Crippen LogP contribution in [0.25, 0.3) is 0 Å². The number of phenolic OH excluding ortho intramolecular Hbond substituents is 1. The molecule has 1 heterocycles. The summed E-state index contributed by atoms with van der Waals surface area (Å²) in [7, 11) is 0. The zero-order chi connectivity index (χ0) is 47.2. The van der Waals surface area contributed by atoms with Gasteiger partial charge in [0, 0.05) is 17.3 Å². The van der Waals surface area contributed by atoms with Crippen molar-refractivity contribution < 1.29 is 29.6 Å². The monoisotopic (exact) mass is 887 g/mol. The van der Waals surface area contributed by atoms with Crippen molar-refractivity contribution in [3.63, 3.8) is 0 Å². The Labute approximate surface area is 392 Å². The van der Waals surface area contributed by atoms with Crippen molar-refractivity contribution in [2.75, 3.05) is 6.61 Å². The fourth-order valence-electron chi connectivity index (χ4n) is 11.3. The Hall–Kier alpha value is -4.13. The Kier molecular flexibility index (Phi) is 16.4. The minimum absolute atomic E-state index is 0.0401. The summed E-state index contributed by atoms with van der Waals surface area (Å²) in [5, 5.41) is 31.3. The van der Waals surface area contributed by atoms with Crippen molar-refractivity contribution >= 4 is 5.97 Å². The van der Waals surface area contributed by atoms with Gasteiger partial charge in [0.15, 0.2) is 0 Å². The number of carbonyl (C=O) groups excluding carboxylic acids is 1. The van der Waals surface area contributed by atoms with E-state index < -0.39 is 0 Å². The van der Waals surface area contributed by atoms with Crippen LogP contribution in [0.2, 0.25) is 0 Å². The van der Waals surface area contributed by atoms with Gasteiger partial charge in [-0.15, -0.1) is 0 Å². The number of esters is 1. The number of cyclic esters (lactones) is 1. The summed E-state index contributed by atoms with van der Waals surface area (Å²) in [6.07, 6.45) is 15.3. The van der Waals surface area contributed by atoms with Crippen molar-refractivity contribution in [3.05, 3.63) is 128 Å². The molecule has 4 aromatic carbocycles. The third-order valence-corrected chi connectivity index (χ3v) is 17.1. The molecular formula is C59H82O6. The van der Waals surface area contributed by atoms with Crippen molar-refractivity contribution in [2.45, 2.75) is 201 Å². The van der Waals surface area contributed by atoms with Crippen molar-refractivity contribution in [3.8, 4) is 11.5 Å². The number of carbonyl (C=O) groups is 1. The molecule has 2 saturated carbocycles. The Bertz CT molecular complexity index is 2220. The fourth-order valence-corrected chi connectivity index (χ4v) is 11.3. The lowest BCUT2D eigenvalue weighted by Gasteiger charge is -2.34. The summed E-state index contributed by atoms with van der Waals surface area (Å²) >= 11 is 0. The van der Waals surface area contributed by atoms with Crippen LogP contribution in [0.5, 0.6) is 11.5 Å². The molecule has 3 aliphatic rings. The molecule has 3 N–H and O–H groups in total. The van der Waals surface area contributed by atoms with E-state index in [-0.39, 0.29) is 45.9 Å². The van der Waals surface area contributed by atoms with Gasteiger partial charge in [-0.3, -0.25) is 4.79 Å².